The summed E-state index contributed by atoms with van der Waals surface area (Å²) in [4.78, 5) is 0. The minimum absolute atomic E-state index is 0.109. The molecule has 1 rings (SSSR count). The van der Waals surface area contributed by atoms with Gasteiger partial charge in [-0.15, -0.1) is 6.58 Å². The van der Waals surface area contributed by atoms with Gasteiger partial charge in [0.25, 0.3) is 0 Å². The van der Waals surface area contributed by atoms with Crippen LogP contribution in [0.4, 0.5) is 0 Å². The van der Waals surface area contributed by atoms with E-state index < -0.39 is 0 Å². The van der Waals surface area contributed by atoms with Crippen LogP contribution in [0.1, 0.15) is 12.8 Å². The second-order valence-corrected chi connectivity index (χ2v) is 2.80. The summed E-state index contributed by atoms with van der Waals surface area (Å²) in [5.74, 6) is 0. The molecule has 84 valence electrons. The first-order valence-corrected chi connectivity index (χ1v) is 4.84. The highest BCUT2D eigenvalue weighted by atomic mass is 14.7. The van der Waals surface area contributed by atoms with Crippen LogP contribution in [0.5, 0.6) is 0 Å². The maximum Gasteiger partial charge on any atom is 0.0197 e. The zero-order valence-corrected chi connectivity index (χ0v) is 8.86. The highest BCUT2D eigenvalue weighted by Gasteiger charge is 1.91. The van der Waals surface area contributed by atoms with E-state index in [0.29, 0.717) is 19.6 Å². The number of rotatable bonds is 4. The van der Waals surface area contributed by atoms with Gasteiger partial charge in [-0.1, -0.05) is 18.2 Å². The number of hydrogen-bond donors (Lipinski definition) is 4. The molecule has 0 amide bonds. The van der Waals surface area contributed by atoms with E-state index in [9.17, 15) is 0 Å². The Hall–Kier alpha value is -0.680. The summed E-state index contributed by atoms with van der Waals surface area (Å²) in [5.41, 5.74) is 20.4. The molecule has 0 fully saturated rings. The minimum atomic E-state index is 0.109. The Bertz CT molecular complexity index is 128. The van der Waals surface area contributed by atoms with Crippen LogP contribution < -0.4 is 22.9 Å². The first-order valence-electron chi connectivity index (χ1n) is 4.84. The van der Waals surface area contributed by atoms with Gasteiger partial charge in [0.1, 0.15) is 0 Å². The van der Waals surface area contributed by atoms with E-state index in [-0.39, 0.29) is 6.04 Å². The van der Waals surface area contributed by atoms with Crippen LogP contribution >= 0.6 is 0 Å². The summed E-state index contributed by atoms with van der Waals surface area (Å²) in [6, 6.07) is 0.109. The zero-order valence-electron chi connectivity index (χ0n) is 8.86. The summed E-state index contributed by atoms with van der Waals surface area (Å²) in [6.45, 7) is 5.26. The van der Waals surface area contributed by atoms with E-state index in [0.717, 1.165) is 6.42 Å². The summed E-state index contributed by atoms with van der Waals surface area (Å²) >= 11 is 0. The molecule has 0 spiro atoms. The molecule has 8 N–H and O–H groups in total. The van der Waals surface area contributed by atoms with Crippen LogP contribution in [0.2, 0.25) is 0 Å². The third kappa shape index (κ3) is 30.2. The van der Waals surface area contributed by atoms with Gasteiger partial charge < -0.3 is 22.9 Å². The lowest BCUT2D eigenvalue weighted by Crippen LogP contribution is -2.28. The second-order valence-electron chi connectivity index (χ2n) is 2.80. The van der Waals surface area contributed by atoms with E-state index >= 15 is 0 Å². The molecule has 0 aromatic heterocycles. The highest BCUT2D eigenvalue weighted by molar-refractivity contribution is 5.02. The molecule has 1 unspecified atom stereocenters. The van der Waals surface area contributed by atoms with Crippen molar-refractivity contribution in [1.29, 1.82) is 0 Å². The van der Waals surface area contributed by atoms with Crippen molar-refractivity contribution in [3.05, 3.63) is 24.8 Å². The van der Waals surface area contributed by atoms with Gasteiger partial charge in [-0.25, -0.2) is 0 Å². The third-order valence-corrected chi connectivity index (χ3v) is 1.17. The minimum Gasteiger partial charge on any atom is -0.329 e. The van der Waals surface area contributed by atoms with E-state index in [1.807, 2.05) is 0 Å². The molecule has 1 aliphatic carbocycles. The summed E-state index contributed by atoms with van der Waals surface area (Å²) in [6.07, 6.45) is 8.09. The fourth-order valence-corrected chi connectivity index (χ4v) is 0.310. The molecule has 0 aliphatic heterocycles. The first-order chi connectivity index (χ1) is 6.72. The quantitative estimate of drug-likeness (QED) is 0.468. The second kappa shape index (κ2) is 14.8. The average Bonchev–Trinajstić information content (AvgIpc) is 3.05. The highest BCUT2D eigenvalue weighted by Crippen LogP contribution is 1.96. The predicted octanol–water partition coefficient (Wildman–Crippen LogP) is -0.301. The fourth-order valence-electron chi connectivity index (χ4n) is 0.310. The Kier molecular flexibility index (Phi) is 16.7. The van der Waals surface area contributed by atoms with Crippen molar-refractivity contribution in [1.82, 2.24) is 0 Å². The molecular formula is C10H24N4. The van der Waals surface area contributed by atoms with Gasteiger partial charge in [-0.3, -0.25) is 0 Å². The molecule has 0 saturated heterocycles. The molecule has 0 heterocycles. The molecule has 1 atom stereocenters. The molecule has 4 heteroatoms. The smallest absolute Gasteiger partial charge is 0.0197 e. The molecular weight excluding hydrogens is 176 g/mol. The van der Waals surface area contributed by atoms with E-state index in [1.165, 1.54) is 6.42 Å². The van der Waals surface area contributed by atoms with Crippen molar-refractivity contribution in [2.75, 3.05) is 19.6 Å². The first kappa shape index (κ1) is 15.8. The number of nitrogens with two attached hydrogens (primary N) is 4. The van der Waals surface area contributed by atoms with E-state index in [2.05, 4.69) is 18.7 Å². The lowest BCUT2D eigenvalue weighted by atomic mass is 10.2. The van der Waals surface area contributed by atoms with Crippen molar-refractivity contribution >= 4 is 0 Å². The Balaban J connectivity index is 0. The number of hydrogen-bond acceptors (Lipinski definition) is 4. The van der Waals surface area contributed by atoms with Gasteiger partial charge in [0.05, 0.1) is 0 Å². The average molecular weight is 200 g/mol. The molecule has 0 radical (unpaired) electrons. The van der Waals surface area contributed by atoms with E-state index in [4.69, 9.17) is 22.9 Å². The van der Waals surface area contributed by atoms with Gasteiger partial charge in [0.15, 0.2) is 0 Å². The van der Waals surface area contributed by atoms with Crippen molar-refractivity contribution in [3.63, 3.8) is 0 Å². The summed E-state index contributed by atoms with van der Waals surface area (Å²) in [5, 5.41) is 0. The largest absolute Gasteiger partial charge is 0.329 e. The lowest BCUT2D eigenvalue weighted by molar-refractivity contribution is 0.694. The fraction of sp³-hybridized carbons (Fsp3) is 0.600. The van der Waals surface area contributed by atoms with Crippen molar-refractivity contribution in [2.24, 2.45) is 22.9 Å². The van der Waals surface area contributed by atoms with E-state index in [1.54, 1.807) is 6.08 Å². The van der Waals surface area contributed by atoms with Gasteiger partial charge in [-0.2, -0.15) is 0 Å². The van der Waals surface area contributed by atoms with Crippen LogP contribution in [0, 0.1) is 0 Å². The Morgan fingerprint density at radius 3 is 1.71 bits per heavy atom. The molecule has 14 heavy (non-hydrogen) atoms. The Morgan fingerprint density at radius 1 is 1.21 bits per heavy atom. The van der Waals surface area contributed by atoms with Crippen LogP contribution in [-0.2, 0) is 0 Å². The Labute approximate surface area is 87.0 Å². The van der Waals surface area contributed by atoms with Gasteiger partial charge >= 0.3 is 0 Å². The lowest BCUT2D eigenvalue weighted by Gasteiger charge is -2.00. The summed E-state index contributed by atoms with van der Waals surface area (Å²) < 4.78 is 0. The molecule has 0 aromatic rings. The molecule has 0 saturated carbocycles. The topological polar surface area (TPSA) is 104 Å². The molecule has 1 aliphatic rings. The Morgan fingerprint density at radius 2 is 1.64 bits per heavy atom. The number of allylic oxidation sites excluding steroid dienone is 2. The molecule has 0 bridgehead atoms. The monoisotopic (exact) mass is 200 g/mol. The predicted molar refractivity (Wildman–Crippen MR) is 63.7 cm³/mol. The van der Waals surface area contributed by atoms with Gasteiger partial charge in [0, 0.05) is 25.7 Å². The molecule has 0 aromatic carbocycles. The van der Waals surface area contributed by atoms with Crippen LogP contribution in [-0.4, -0.2) is 25.7 Å². The molecule has 4 nitrogen and oxygen atoms in total. The third-order valence-electron chi connectivity index (χ3n) is 1.17. The standard InChI is InChI=1S/C5H12N2.C3H4.C2H8N2/c1-2-3-5(7)4-6;1-2-3-1;3-1-2-4/h2,5H,1,3-4,6-7H2;1-2H,3H2;1-4H2. The van der Waals surface area contributed by atoms with Crippen LogP contribution in [0.15, 0.2) is 24.8 Å². The van der Waals surface area contributed by atoms with Crippen molar-refractivity contribution < 1.29 is 0 Å². The summed E-state index contributed by atoms with van der Waals surface area (Å²) in [7, 11) is 0. The van der Waals surface area contributed by atoms with Crippen LogP contribution in [0.3, 0.4) is 0 Å². The maximum atomic E-state index is 5.39. The van der Waals surface area contributed by atoms with Crippen LogP contribution in [0.25, 0.3) is 0 Å². The normalized spacial score (nSPS) is 12.9. The zero-order chi connectivity index (χ0) is 11.2. The van der Waals surface area contributed by atoms with Gasteiger partial charge in [-0.05, 0) is 12.8 Å². The SMILES string of the molecule is C1=CC1.C=CCC(N)CN.NCCN. The van der Waals surface area contributed by atoms with Crippen molar-refractivity contribution in [3.8, 4) is 0 Å². The van der Waals surface area contributed by atoms with Crippen molar-refractivity contribution in [2.45, 2.75) is 18.9 Å². The maximum absolute atomic E-state index is 5.39. The van der Waals surface area contributed by atoms with Gasteiger partial charge in [0.2, 0.25) is 0 Å².